The Balaban J connectivity index is 2.06. The molecule has 0 N–H and O–H groups in total. The molecule has 1 fully saturated rings. The summed E-state index contributed by atoms with van der Waals surface area (Å²) in [6, 6.07) is 3.57. The molecule has 0 spiro atoms. The van der Waals surface area contributed by atoms with E-state index in [0.29, 0.717) is 25.3 Å². The number of halogens is 1. The summed E-state index contributed by atoms with van der Waals surface area (Å²) in [6.45, 7) is 4.02. The molecule has 1 amide bonds. The Morgan fingerprint density at radius 3 is 3.12 bits per heavy atom. The summed E-state index contributed by atoms with van der Waals surface area (Å²) >= 11 is 3.26. The monoisotopic (exact) mass is 298 g/mol. The Morgan fingerprint density at radius 1 is 1.65 bits per heavy atom. The van der Waals surface area contributed by atoms with Crippen molar-refractivity contribution in [1.29, 1.82) is 0 Å². The number of nitrogens with zero attached hydrogens (tertiary/aromatic N) is 2. The van der Waals surface area contributed by atoms with Gasteiger partial charge in [0.15, 0.2) is 0 Å². The molecule has 1 atom stereocenters. The van der Waals surface area contributed by atoms with Crippen molar-refractivity contribution in [3.8, 4) is 0 Å². The number of hydrogen-bond acceptors (Lipinski definition) is 3. The zero-order valence-electron chi connectivity index (χ0n) is 9.73. The van der Waals surface area contributed by atoms with Crippen LogP contribution in [0.15, 0.2) is 22.9 Å². The van der Waals surface area contributed by atoms with Crippen molar-refractivity contribution >= 4 is 21.8 Å². The fourth-order valence-corrected chi connectivity index (χ4v) is 2.07. The minimum absolute atomic E-state index is 0.0340. The van der Waals surface area contributed by atoms with Crippen molar-refractivity contribution in [2.24, 2.45) is 0 Å². The van der Waals surface area contributed by atoms with Gasteiger partial charge in [-0.1, -0.05) is 6.92 Å². The van der Waals surface area contributed by atoms with E-state index < -0.39 is 0 Å². The van der Waals surface area contributed by atoms with Crippen molar-refractivity contribution in [2.75, 3.05) is 19.7 Å². The van der Waals surface area contributed by atoms with Gasteiger partial charge < -0.3 is 9.64 Å². The van der Waals surface area contributed by atoms with E-state index in [9.17, 15) is 4.79 Å². The van der Waals surface area contributed by atoms with E-state index in [2.05, 4.69) is 27.8 Å². The summed E-state index contributed by atoms with van der Waals surface area (Å²) in [6.07, 6.45) is 2.70. The maximum absolute atomic E-state index is 12.2. The molecule has 5 heteroatoms. The smallest absolute Gasteiger partial charge is 0.255 e. The van der Waals surface area contributed by atoms with Crippen LogP contribution in [-0.2, 0) is 4.74 Å². The summed E-state index contributed by atoms with van der Waals surface area (Å²) in [4.78, 5) is 18.1. The molecule has 1 saturated heterocycles. The molecule has 1 unspecified atom stereocenters. The molecule has 0 aliphatic carbocycles. The summed E-state index contributed by atoms with van der Waals surface area (Å²) in [5.74, 6) is 0.0340. The highest BCUT2D eigenvalue weighted by molar-refractivity contribution is 9.10. The summed E-state index contributed by atoms with van der Waals surface area (Å²) in [5.41, 5.74) is 0.630. The van der Waals surface area contributed by atoms with Crippen LogP contribution in [0, 0.1) is 0 Å². The lowest BCUT2D eigenvalue weighted by Gasteiger charge is -2.32. The summed E-state index contributed by atoms with van der Waals surface area (Å²) < 4.78 is 6.28. The lowest BCUT2D eigenvalue weighted by atomic mass is 10.2. The molecule has 2 heterocycles. The Hall–Kier alpha value is -0.940. The standard InChI is InChI=1S/C12H15BrN2O2/c1-2-10-8-15(5-6-17-10)12(16)9-3-4-11(13)14-7-9/h3-4,7,10H,2,5-6,8H2,1H3. The Bertz CT molecular complexity index is 394. The quantitative estimate of drug-likeness (QED) is 0.785. The first-order valence-corrected chi connectivity index (χ1v) is 6.52. The van der Waals surface area contributed by atoms with Gasteiger partial charge in [0.05, 0.1) is 18.3 Å². The van der Waals surface area contributed by atoms with Crippen LogP contribution in [0.3, 0.4) is 0 Å². The second-order valence-corrected chi connectivity index (χ2v) is 4.83. The fourth-order valence-electron chi connectivity index (χ4n) is 1.84. The van der Waals surface area contributed by atoms with E-state index in [4.69, 9.17) is 4.74 Å². The number of hydrogen-bond donors (Lipinski definition) is 0. The predicted molar refractivity (Wildman–Crippen MR) is 67.9 cm³/mol. The number of aromatic nitrogens is 1. The molecule has 1 aliphatic heterocycles. The number of carbonyl (C=O) groups is 1. The molecule has 0 aromatic carbocycles. The minimum Gasteiger partial charge on any atom is -0.375 e. The SMILES string of the molecule is CCC1CN(C(=O)c2ccc(Br)nc2)CCO1. The van der Waals surface area contributed by atoms with Gasteiger partial charge in [0.2, 0.25) is 0 Å². The van der Waals surface area contributed by atoms with Crippen molar-refractivity contribution in [2.45, 2.75) is 19.4 Å². The first-order valence-electron chi connectivity index (χ1n) is 5.73. The van der Waals surface area contributed by atoms with E-state index in [0.717, 1.165) is 11.0 Å². The maximum Gasteiger partial charge on any atom is 0.255 e. The van der Waals surface area contributed by atoms with Crippen molar-refractivity contribution in [3.63, 3.8) is 0 Å². The molecule has 2 rings (SSSR count). The number of pyridine rings is 1. The molecule has 0 saturated carbocycles. The lowest BCUT2D eigenvalue weighted by Crippen LogP contribution is -2.45. The predicted octanol–water partition coefficient (Wildman–Crippen LogP) is 2.10. The molecule has 1 aliphatic rings. The normalized spacial score (nSPS) is 20.4. The third-order valence-electron chi connectivity index (χ3n) is 2.86. The minimum atomic E-state index is 0.0340. The van der Waals surface area contributed by atoms with Gasteiger partial charge in [0, 0.05) is 19.3 Å². The molecule has 0 bridgehead atoms. The number of ether oxygens (including phenoxy) is 1. The van der Waals surface area contributed by atoms with E-state index in [1.165, 1.54) is 0 Å². The van der Waals surface area contributed by atoms with Crippen LogP contribution in [0.25, 0.3) is 0 Å². The summed E-state index contributed by atoms with van der Waals surface area (Å²) in [5, 5.41) is 0. The third-order valence-corrected chi connectivity index (χ3v) is 3.32. The van der Waals surface area contributed by atoms with Gasteiger partial charge in [-0.15, -0.1) is 0 Å². The van der Waals surface area contributed by atoms with Crippen molar-refractivity contribution < 1.29 is 9.53 Å². The molecule has 1 aromatic rings. The second kappa shape index (κ2) is 5.60. The molecule has 17 heavy (non-hydrogen) atoms. The largest absolute Gasteiger partial charge is 0.375 e. The number of carbonyl (C=O) groups excluding carboxylic acids is 1. The summed E-state index contributed by atoms with van der Waals surface area (Å²) in [7, 11) is 0. The number of amides is 1. The molecular weight excluding hydrogens is 284 g/mol. The fraction of sp³-hybridized carbons (Fsp3) is 0.500. The highest BCUT2D eigenvalue weighted by Crippen LogP contribution is 2.13. The average molecular weight is 299 g/mol. The molecule has 92 valence electrons. The molecule has 1 aromatic heterocycles. The van der Waals surface area contributed by atoms with Gasteiger partial charge in [-0.3, -0.25) is 4.79 Å². The van der Waals surface area contributed by atoms with E-state index >= 15 is 0 Å². The zero-order chi connectivity index (χ0) is 12.3. The highest BCUT2D eigenvalue weighted by Gasteiger charge is 2.23. The lowest BCUT2D eigenvalue weighted by molar-refractivity contribution is -0.0226. The van der Waals surface area contributed by atoms with Crippen molar-refractivity contribution in [3.05, 3.63) is 28.5 Å². The van der Waals surface area contributed by atoms with E-state index in [-0.39, 0.29) is 12.0 Å². The average Bonchev–Trinajstić information content (AvgIpc) is 2.39. The number of rotatable bonds is 2. The van der Waals surface area contributed by atoms with Gasteiger partial charge in [-0.2, -0.15) is 0 Å². The van der Waals surface area contributed by atoms with Crippen molar-refractivity contribution in [1.82, 2.24) is 9.88 Å². The number of morpholine rings is 1. The van der Waals surface area contributed by atoms with Crippen LogP contribution in [-0.4, -0.2) is 41.6 Å². The van der Waals surface area contributed by atoms with Crippen LogP contribution < -0.4 is 0 Å². The van der Waals surface area contributed by atoms with E-state index in [1.54, 1.807) is 18.3 Å². The van der Waals surface area contributed by atoms with E-state index in [1.807, 2.05) is 4.90 Å². The maximum atomic E-state index is 12.2. The first-order chi connectivity index (χ1) is 8.20. The van der Waals surface area contributed by atoms with Crippen LogP contribution in [0.4, 0.5) is 0 Å². The van der Waals surface area contributed by atoms with Gasteiger partial charge in [0.25, 0.3) is 5.91 Å². The highest BCUT2D eigenvalue weighted by atomic mass is 79.9. The topological polar surface area (TPSA) is 42.4 Å². The Kier molecular flexibility index (Phi) is 4.12. The van der Waals surface area contributed by atoms with Gasteiger partial charge in [-0.25, -0.2) is 4.98 Å². The molecule has 0 radical (unpaired) electrons. The third kappa shape index (κ3) is 3.04. The Labute approximate surface area is 109 Å². The molecular formula is C12H15BrN2O2. The molecule has 4 nitrogen and oxygen atoms in total. The van der Waals surface area contributed by atoms with Crippen LogP contribution in [0.1, 0.15) is 23.7 Å². The first kappa shape index (κ1) is 12.5. The van der Waals surface area contributed by atoms with Crippen LogP contribution in [0.2, 0.25) is 0 Å². The van der Waals surface area contributed by atoms with Crippen LogP contribution >= 0.6 is 15.9 Å². The second-order valence-electron chi connectivity index (χ2n) is 4.02. The van der Waals surface area contributed by atoms with Crippen LogP contribution in [0.5, 0.6) is 0 Å². The zero-order valence-corrected chi connectivity index (χ0v) is 11.3. The van der Waals surface area contributed by atoms with Gasteiger partial charge in [-0.05, 0) is 34.5 Å². The van der Waals surface area contributed by atoms with Gasteiger partial charge >= 0.3 is 0 Å². The Morgan fingerprint density at radius 2 is 2.47 bits per heavy atom. The van der Waals surface area contributed by atoms with Gasteiger partial charge in [0.1, 0.15) is 4.60 Å².